The fourth-order valence-corrected chi connectivity index (χ4v) is 1.68. The number of aliphatic hydroxyl groups excluding tert-OH is 1. The van der Waals surface area contributed by atoms with Gasteiger partial charge in [-0.3, -0.25) is 10.1 Å². The molecule has 0 aromatic heterocycles. The Labute approximate surface area is 79.7 Å². The fourth-order valence-electron chi connectivity index (χ4n) is 0.891. The largest absolute Gasteiger partial charge is 0.382 e. The molecule has 1 N–H and O–H groups in total. The van der Waals surface area contributed by atoms with Crippen molar-refractivity contribution < 1.29 is 10.0 Å². The Morgan fingerprint density at radius 1 is 1.54 bits per heavy atom. The number of hydrogen-bond acceptors (Lipinski definition) is 4. The van der Waals surface area contributed by atoms with Gasteiger partial charge >= 0.3 is 0 Å². The highest BCUT2D eigenvalue weighted by Crippen LogP contribution is 2.30. The molecule has 0 heterocycles. The Morgan fingerprint density at radius 3 is 2.69 bits per heavy atom. The summed E-state index contributed by atoms with van der Waals surface area (Å²) < 4.78 is 0. The molecule has 0 fully saturated rings. The number of nitrogens with zero attached hydrogens (tertiary/aromatic N) is 1. The van der Waals surface area contributed by atoms with E-state index in [1.54, 1.807) is 25.1 Å². The summed E-state index contributed by atoms with van der Waals surface area (Å²) in [5.74, 6) is 0. The highest BCUT2D eigenvalue weighted by molar-refractivity contribution is 7.99. The molecule has 1 aromatic rings. The minimum Gasteiger partial charge on any atom is -0.382 e. The number of rotatable bonds is 3. The first-order chi connectivity index (χ1) is 6.11. The van der Waals surface area contributed by atoms with E-state index in [-0.39, 0.29) is 5.69 Å². The van der Waals surface area contributed by atoms with Crippen molar-refractivity contribution in [2.24, 2.45) is 0 Å². The molecule has 70 valence electrons. The number of aliphatic hydroxyl groups is 1. The van der Waals surface area contributed by atoms with E-state index in [2.05, 4.69) is 0 Å². The molecular formula is C8H9NO3S. The topological polar surface area (TPSA) is 63.4 Å². The summed E-state index contributed by atoms with van der Waals surface area (Å²) in [7, 11) is 0. The van der Waals surface area contributed by atoms with Gasteiger partial charge in [0.05, 0.1) is 9.82 Å². The smallest absolute Gasteiger partial charge is 0.282 e. The quantitative estimate of drug-likeness (QED) is 0.350. The van der Waals surface area contributed by atoms with Crippen LogP contribution in [0.5, 0.6) is 0 Å². The summed E-state index contributed by atoms with van der Waals surface area (Å²) in [6.07, 6.45) is 0. The Balaban J connectivity index is 2.98. The van der Waals surface area contributed by atoms with Gasteiger partial charge < -0.3 is 5.11 Å². The highest BCUT2D eigenvalue weighted by Gasteiger charge is 2.13. The van der Waals surface area contributed by atoms with Crippen LogP contribution in [0.15, 0.2) is 29.2 Å². The maximum atomic E-state index is 10.5. The SMILES string of the molecule is CC(O)Sc1ccccc1[N+](=O)[O-]. The molecule has 1 aromatic carbocycles. The van der Waals surface area contributed by atoms with Gasteiger partial charge in [0.1, 0.15) is 5.44 Å². The number of thioether (sulfide) groups is 1. The van der Waals surface area contributed by atoms with Crippen LogP contribution in [0.3, 0.4) is 0 Å². The van der Waals surface area contributed by atoms with E-state index in [0.717, 1.165) is 11.8 Å². The molecule has 13 heavy (non-hydrogen) atoms. The summed E-state index contributed by atoms with van der Waals surface area (Å²) in [6, 6.07) is 6.35. The molecule has 5 heteroatoms. The molecule has 0 saturated carbocycles. The normalized spacial score (nSPS) is 12.5. The molecule has 0 aliphatic heterocycles. The second-order valence-electron chi connectivity index (χ2n) is 2.44. The molecule has 0 bridgehead atoms. The van der Waals surface area contributed by atoms with Crippen LogP contribution in [0.4, 0.5) is 5.69 Å². The first-order valence-electron chi connectivity index (χ1n) is 3.69. The minimum absolute atomic E-state index is 0.0356. The van der Waals surface area contributed by atoms with Gasteiger partial charge in [-0.05, 0) is 13.0 Å². The zero-order chi connectivity index (χ0) is 9.84. The highest BCUT2D eigenvalue weighted by atomic mass is 32.2. The standard InChI is InChI=1S/C8H9NO3S/c1-6(10)13-8-5-3-2-4-7(8)9(11)12/h2-6,10H,1H3. The predicted octanol–water partition coefficient (Wildman–Crippen LogP) is 2.03. The van der Waals surface area contributed by atoms with Crippen LogP contribution in [0.1, 0.15) is 6.92 Å². The van der Waals surface area contributed by atoms with E-state index in [9.17, 15) is 10.1 Å². The lowest BCUT2D eigenvalue weighted by molar-refractivity contribution is -0.387. The minimum atomic E-state index is -0.638. The lowest BCUT2D eigenvalue weighted by Crippen LogP contribution is -1.95. The van der Waals surface area contributed by atoms with Gasteiger partial charge in [-0.15, -0.1) is 0 Å². The fraction of sp³-hybridized carbons (Fsp3) is 0.250. The Hall–Kier alpha value is -1.07. The number of hydrogen-bond donors (Lipinski definition) is 1. The molecule has 4 nitrogen and oxygen atoms in total. The second kappa shape index (κ2) is 4.25. The van der Waals surface area contributed by atoms with E-state index in [1.807, 2.05) is 0 Å². The average molecular weight is 199 g/mol. The van der Waals surface area contributed by atoms with Gasteiger partial charge in [0.15, 0.2) is 0 Å². The van der Waals surface area contributed by atoms with Crippen LogP contribution in [0, 0.1) is 10.1 Å². The molecular weight excluding hydrogens is 190 g/mol. The summed E-state index contributed by atoms with van der Waals surface area (Å²) in [4.78, 5) is 10.5. The zero-order valence-corrected chi connectivity index (χ0v) is 7.82. The van der Waals surface area contributed by atoms with Crippen LogP contribution in [-0.2, 0) is 0 Å². The monoisotopic (exact) mass is 199 g/mol. The lowest BCUT2D eigenvalue weighted by Gasteiger charge is -2.03. The average Bonchev–Trinajstić information content (AvgIpc) is 2.03. The maximum Gasteiger partial charge on any atom is 0.282 e. The van der Waals surface area contributed by atoms with Crippen molar-refractivity contribution in [3.8, 4) is 0 Å². The van der Waals surface area contributed by atoms with Crippen LogP contribution in [0.25, 0.3) is 0 Å². The zero-order valence-electron chi connectivity index (χ0n) is 7.01. The van der Waals surface area contributed by atoms with Gasteiger partial charge in [-0.2, -0.15) is 0 Å². The third kappa shape index (κ3) is 2.71. The van der Waals surface area contributed by atoms with Crippen molar-refractivity contribution in [2.75, 3.05) is 0 Å². The van der Waals surface area contributed by atoms with Crippen LogP contribution < -0.4 is 0 Å². The van der Waals surface area contributed by atoms with Crippen molar-refractivity contribution in [3.05, 3.63) is 34.4 Å². The van der Waals surface area contributed by atoms with Gasteiger partial charge in [0, 0.05) is 6.07 Å². The molecule has 1 atom stereocenters. The maximum absolute atomic E-state index is 10.5. The molecule has 0 aliphatic rings. The van der Waals surface area contributed by atoms with Gasteiger partial charge in [0.25, 0.3) is 5.69 Å². The number of benzene rings is 1. The van der Waals surface area contributed by atoms with E-state index in [1.165, 1.54) is 6.07 Å². The molecule has 0 spiro atoms. The van der Waals surface area contributed by atoms with Crippen molar-refractivity contribution in [2.45, 2.75) is 17.3 Å². The number of nitro groups is 1. The lowest BCUT2D eigenvalue weighted by atomic mass is 10.3. The van der Waals surface area contributed by atoms with Crippen molar-refractivity contribution in [1.82, 2.24) is 0 Å². The Bertz CT molecular complexity index is 314. The molecule has 0 saturated heterocycles. The predicted molar refractivity (Wildman–Crippen MR) is 50.6 cm³/mol. The van der Waals surface area contributed by atoms with Gasteiger partial charge in [-0.1, -0.05) is 23.9 Å². The van der Waals surface area contributed by atoms with Gasteiger partial charge in [0.2, 0.25) is 0 Å². The van der Waals surface area contributed by atoms with E-state index >= 15 is 0 Å². The van der Waals surface area contributed by atoms with Crippen LogP contribution in [-0.4, -0.2) is 15.5 Å². The van der Waals surface area contributed by atoms with Crippen LogP contribution in [0.2, 0.25) is 0 Å². The number of nitro benzene ring substituents is 1. The molecule has 0 amide bonds. The number of para-hydroxylation sites is 1. The van der Waals surface area contributed by atoms with Crippen molar-refractivity contribution in [3.63, 3.8) is 0 Å². The summed E-state index contributed by atoms with van der Waals surface area (Å²) >= 11 is 1.07. The van der Waals surface area contributed by atoms with E-state index in [4.69, 9.17) is 5.11 Å². The third-order valence-electron chi connectivity index (χ3n) is 1.36. The Kier molecular flexibility index (Phi) is 3.27. The van der Waals surface area contributed by atoms with E-state index in [0.29, 0.717) is 4.90 Å². The van der Waals surface area contributed by atoms with Crippen LogP contribution >= 0.6 is 11.8 Å². The van der Waals surface area contributed by atoms with Crippen molar-refractivity contribution in [1.29, 1.82) is 0 Å². The van der Waals surface area contributed by atoms with Crippen molar-refractivity contribution >= 4 is 17.4 Å². The summed E-state index contributed by atoms with van der Waals surface area (Å²) in [6.45, 7) is 1.57. The summed E-state index contributed by atoms with van der Waals surface area (Å²) in [5, 5.41) is 19.6. The van der Waals surface area contributed by atoms with E-state index < -0.39 is 10.4 Å². The molecule has 1 rings (SSSR count). The first kappa shape index (κ1) is 10.0. The Morgan fingerprint density at radius 2 is 2.15 bits per heavy atom. The van der Waals surface area contributed by atoms with Gasteiger partial charge in [-0.25, -0.2) is 0 Å². The molecule has 0 aliphatic carbocycles. The second-order valence-corrected chi connectivity index (χ2v) is 3.80. The third-order valence-corrected chi connectivity index (χ3v) is 2.30. The molecule has 0 radical (unpaired) electrons. The molecule has 1 unspecified atom stereocenters. The first-order valence-corrected chi connectivity index (χ1v) is 4.57. The summed E-state index contributed by atoms with van der Waals surface area (Å²) in [5.41, 5.74) is -0.602.